The Morgan fingerprint density at radius 1 is 1.19 bits per heavy atom. The van der Waals surface area contributed by atoms with Crippen LogP contribution in [0.25, 0.3) is 0 Å². The Kier molecular flexibility index (Phi) is 6.29. The maximum atomic E-state index is 9.36. The molecule has 1 aromatic rings. The minimum Gasteiger partial charge on any atom is -0.497 e. The molecular weight excluding hydrogens is 266 g/mol. The van der Waals surface area contributed by atoms with Gasteiger partial charge in [0.05, 0.1) is 13.7 Å². The Morgan fingerprint density at radius 3 is 2.38 bits per heavy atom. The Bertz CT molecular complexity index is 402. The number of hydrogen-bond acceptors (Lipinski definition) is 5. The van der Waals surface area contributed by atoms with Crippen molar-refractivity contribution in [2.75, 3.05) is 57.9 Å². The second-order valence-corrected chi connectivity index (χ2v) is 5.42. The minimum atomic E-state index is 0.183. The van der Waals surface area contributed by atoms with Crippen molar-refractivity contribution in [1.29, 1.82) is 0 Å². The summed E-state index contributed by atoms with van der Waals surface area (Å²) in [6.45, 7) is 8.21. The van der Waals surface area contributed by atoms with E-state index >= 15 is 0 Å². The first-order valence-corrected chi connectivity index (χ1v) is 7.72. The first kappa shape index (κ1) is 16.1. The lowest BCUT2D eigenvalue weighted by Gasteiger charge is -2.37. The quantitative estimate of drug-likeness (QED) is 0.778. The van der Waals surface area contributed by atoms with Crippen LogP contribution in [0.15, 0.2) is 24.3 Å². The van der Waals surface area contributed by atoms with Crippen LogP contribution in [0.2, 0.25) is 0 Å². The summed E-state index contributed by atoms with van der Waals surface area (Å²) in [6, 6.07) is 8.43. The van der Waals surface area contributed by atoms with E-state index in [2.05, 4.69) is 34.2 Å². The Labute approximate surface area is 127 Å². The van der Waals surface area contributed by atoms with Crippen LogP contribution in [0.1, 0.15) is 6.92 Å². The van der Waals surface area contributed by atoms with Gasteiger partial charge in [0, 0.05) is 44.5 Å². The Morgan fingerprint density at radius 2 is 1.86 bits per heavy atom. The van der Waals surface area contributed by atoms with E-state index in [1.54, 1.807) is 7.11 Å². The first-order chi connectivity index (χ1) is 10.3. The number of methoxy groups -OCH3 is 1. The fourth-order valence-corrected chi connectivity index (χ4v) is 2.77. The van der Waals surface area contributed by atoms with E-state index in [-0.39, 0.29) is 12.6 Å². The second-order valence-electron chi connectivity index (χ2n) is 5.42. The van der Waals surface area contributed by atoms with Gasteiger partial charge in [0.2, 0.25) is 0 Å². The zero-order valence-electron chi connectivity index (χ0n) is 13.1. The molecule has 0 aromatic heterocycles. The minimum absolute atomic E-state index is 0.183. The van der Waals surface area contributed by atoms with E-state index in [1.807, 2.05) is 12.1 Å². The summed E-state index contributed by atoms with van der Waals surface area (Å²) in [4.78, 5) is 4.82. The summed E-state index contributed by atoms with van der Waals surface area (Å²) in [5.41, 5.74) is 1.25. The van der Waals surface area contributed by atoms with Crippen LogP contribution in [0.3, 0.4) is 0 Å². The molecule has 0 aliphatic carbocycles. The van der Waals surface area contributed by atoms with Crippen LogP contribution >= 0.6 is 0 Å². The fourth-order valence-electron chi connectivity index (χ4n) is 2.77. The van der Waals surface area contributed by atoms with Crippen LogP contribution in [0.4, 0.5) is 5.69 Å². The average Bonchev–Trinajstić information content (AvgIpc) is 2.55. The Hall–Kier alpha value is -1.30. The van der Waals surface area contributed by atoms with E-state index in [0.29, 0.717) is 0 Å². The van der Waals surface area contributed by atoms with E-state index in [9.17, 15) is 5.11 Å². The highest BCUT2D eigenvalue weighted by molar-refractivity contribution is 5.49. The third-order valence-corrected chi connectivity index (χ3v) is 4.00. The lowest BCUT2D eigenvalue weighted by atomic mass is 10.2. The third kappa shape index (κ3) is 4.59. The molecule has 1 aliphatic heterocycles. The van der Waals surface area contributed by atoms with Gasteiger partial charge in [-0.05, 0) is 30.8 Å². The monoisotopic (exact) mass is 293 g/mol. The van der Waals surface area contributed by atoms with Crippen molar-refractivity contribution in [1.82, 2.24) is 10.2 Å². The molecular formula is C16H27N3O2. The molecule has 0 radical (unpaired) electrons. The molecule has 1 aromatic carbocycles. The van der Waals surface area contributed by atoms with Gasteiger partial charge in [0.25, 0.3) is 0 Å². The standard InChI is InChI=1S/C16H27N3O2/c1-3-17-14(13-20)12-18-8-10-19(11-9-18)15-4-6-16(21-2)7-5-15/h4-7,14,17,20H,3,8-13H2,1-2H3. The van der Waals surface area contributed by atoms with E-state index < -0.39 is 0 Å². The largest absolute Gasteiger partial charge is 0.497 e. The zero-order chi connectivity index (χ0) is 15.1. The summed E-state index contributed by atoms with van der Waals surface area (Å²) in [7, 11) is 1.69. The predicted octanol–water partition coefficient (Wildman–Crippen LogP) is 0.788. The van der Waals surface area contributed by atoms with Crippen molar-refractivity contribution < 1.29 is 9.84 Å². The van der Waals surface area contributed by atoms with Gasteiger partial charge in [-0.25, -0.2) is 0 Å². The number of ether oxygens (including phenoxy) is 1. The number of hydrogen-bond donors (Lipinski definition) is 2. The molecule has 5 heteroatoms. The van der Waals surface area contributed by atoms with Crippen molar-refractivity contribution >= 4 is 5.69 Å². The van der Waals surface area contributed by atoms with Crippen LogP contribution in [0, 0.1) is 0 Å². The summed E-state index contributed by atoms with van der Waals surface area (Å²) >= 11 is 0. The lowest BCUT2D eigenvalue weighted by molar-refractivity contribution is 0.177. The normalized spacial score (nSPS) is 17.8. The van der Waals surface area contributed by atoms with Crippen molar-refractivity contribution in [3.8, 4) is 5.75 Å². The van der Waals surface area contributed by atoms with Gasteiger partial charge < -0.3 is 20.1 Å². The molecule has 0 bridgehead atoms. The predicted molar refractivity (Wildman–Crippen MR) is 86.2 cm³/mol. The van der Waals surface area contributed by atoms with Crippen molar-refractivity contribution in [3.05, 3.63) is 24.3 Å². The number of anilines is 1. The summed E-state index contributed by atoms with van der Waals surface area (Å²) in [6.07, 6.45) is 0. The number of nitrogens with one attached hydrogen (secondary N) is 1. The molecule has 2 rings (SSSR count). The molecule has 0 amide bonds. The molecule has 0 saturated carbocycles. The highest BCUT2D eigenvalue weighted by atomic mass is 16.5. The maximum absolute atomic E-state index is 9.36. The average molecular weight is 293 g/mol. The van der Waals surface area contributed by atoms with Crippen LogP contribution in [0.5, 0.6) is 5.75 Å². The molecule has 118 valence electrons. The van der Waals surface area contributed by atoms with Gasteiger partial charge in [-0.2, -0.15) is 0 Å². The summed E-state index contributed by atoms with van der Waals surface area (Å²) in [5.74, 6) is 0.897. The Balaban J connectivity index is 1.82. The van der Waals surface area contributed by atoms with Gasteiger partial charge in [-0.1, -0.05) is 6.92 Å². The van der Waals surface area contributed by atoms with Gasteiger partial charge in [0.15, 0.2) is 0 Å². The summed E-state index contributed by atoms with van der Waals surface area (Å²) < 4.78 is 5.20. The maximum Gasteiger partial charge on any atom is 0.119 e. The van der Waals surface area contributed by atoms with Gasteiger partial charge in [0.1, 0.15) is 5.75 Å². The number of nitrogens with zero attached hydrogens (tertiary/aromatic N) is 2. The third-order valence-electron chi connectivity index (χ3n) is 4.00. The SMILES string of the molecule is CCNC(CO)CN1CCN(c2ccc(OC)cc2)CC1. The second kappa shape index (κ2) is 8.22. The molecule has 1 fully saturated rings. The van der Waals surface area contributed by atoms with E-state index in [0.717, 1.165) is 45.0 Å². The molecule has 2 N–H and O–H groups in total. The highest BCUT2D eigenvalue weighted by Crippen LogP contribution is 2.20. The van der Waals surface area contributed by atoms with Gasteiger partial charge >= 0.3 is 0 Å². The molecule has 1 unspecified atom stereocenters. The zero-order valence-corrected chi connectivity index (χ0v) is 13.1. The van der Waals surface area contributed by atoms with Gasteiger partial charge in [-0.15, -0.1) is 0 Å². The van der Waals surface area contributed by atoms with Crippen LogP contribution in [-0.4, -0.2) is 69.0 Å². The van der Waals surface area contributed by atoms with E-state index in [1.165, 1.54) is 5.69 Å². The molecule has 1 atom stereocenters. The van der Waals surface area contributed by atoms with Crippen molar-refractivity contribution in [3.63, 3.8) is 0 Å². The molecule has 0 spiro atoms. The van der Waals surface area contributed by atoms with Crippen LogP contribution in [-0.2, 0) is 0 Å². The van der Waals surface area contributed by atoms with Crippen molar-refractivity contribution in [2.45, 2.75) is 13.0 Å². The summed E-state index contributed by atoms with van der Waals surface area (Å²) in [5, 5.41) is 12.7. The van der Waals surface area contributed by atoms with E-state index in [4.69, 9.17) is 4.74 Å². The number of piperazine rings is 1. The molecule has 1 heterocycles. The molecule has 5 nitrogen and oxygen atoms in total. The highest BCUT2D eigenvalue weighted by Gasteiger charge is 2.19. The number of benzene rings is 1. The molecule has 1 aliphatic rings. The smallest absolute Gasteiger partial charge is 0.119 e. The molecule has 21 heavy (non-hydrogen) atoms. The van der Waals surface area contributed by atoms with Gasteiger partial charge in [-0.3, -0.25) is 4.90 Å². The topological polar surface area (TPSA) is 48.0 Å². The number of aliphatic hydroxyl groups excluding tert-OH is 1. The van der Waals surface area contributed by atoms with Crippen molar-refractivity contribution in [2.24, 2.45) is 0 Å². The number of rotatable bonds is 7. The van der Waals surface area contributed by atoms with Crippen LogP contribution < -0.4 is 15.0 Å². The number of likely N-dealkylation sites (N-methyl/N-ethyl adjacent to an activating group) is 1. The first-order valence-electron chi connectivity index (χ1n) is 7.72. The lowest BCUT2D eigenvalue weighted by Crippen LogP contribution is -2.51. The number of aliphatic hydroxyl groups is 1. The fraction of sp³-hybridized carbons (Fsp3) is 0.625. The molecule has 1 saturated heterocycles.